The molecule has 3 aliphatic rings. The summed E-state index contributed by atoms with van der Waals surface area (Å²) in [6.45, 7) is 1.10. The van der Waals surface area contributed by atoms with Gasteiger partial charge in [0, 0.05) is 24.5 Å². The first-order chi connectivity index (χ1) is 15.0. The van der Waals surface area contributed by atoms with E-state index in [1.54, 1.807) is 14.2 Å². The van der Waals surface area contributed by atoms with Gasteiger partial charge in [-0.2, -0.15) is 0 Å². The molecule has 4 rings (SSSR count). The summed E-state index contributed by atoms with van der Waals surface area (Å²) in [6.07, 6.45) is 10.6. The lowest BCUT2D eigenvalue weighted by Crippen LogP contribution is -2.56. The zero-order valence-corrected chi connectivity index (χ0v) is 19.1. The molecule has 6 heteroatoms. The largest absolute Gasteiger partial charge is 0.493 e. The van der Waals surface area contributed by atoms with Gasteiger partial charge >= 0.3 is 0 Å². The highest BCUT2D eigenvalue weighted by molar-refractivity contribution is 5.78. The standard InChI is InChI=1S/C25H38N2O4/c1-30-21-12-11-18(16-22(21)31-2)24-20-10-6-7-13-25(20,29)14-15-27(24)17-23(28)26-19-8-4-3-5-9-19/h11-12,16,19-20,24,29H,3-10,13-15,17H2,1-2H3,(H,26,28)/t20-,24+,25+/m0/s1. The van der Waals surface area contributed by atoms with Gasteiger partial charge in [-0.3, -0.25) is 9.69 Å². The molecule has 3 fully saturated rings. The Morgan fingerprint density at radius 2 is 1.81 bits per heavy atom. The second-order valence-electron chi connectivity index (χ2n) is 9.64. The van der Waals surface area contributed by atoms with Crippen LogP contribution in [0.1, 0.15) is 75.8 Å². The summed E-state index contributed by atoms with van der Waals surface area (Å²) in [6, 6.07) is 6.34. The highest BCUT2D eigenvalue weighted by Gasteiger charge is 2.49. The van der Waals surface area contributed by atoms with Crippen molar-refractivity contribution >= 4 is 5.91 Å². The molecule has 1 saturated heterocycles. The Morgan fingerprint density at radius 3 is 2.55 bits per heavy atom. The molecular weight excluding hydrogens is 392 g/mol. The Hall–Kier alpha value is -1.79. The zero-order valence-electron chi connectivity index (χ0n) is 19.1. The predicted octanol–water partition coefficient (Wildman–Crippen LogP) is 3.82. The molecule has 2 N–H and O–H groups in total. The topological polar surface area (TPSA) is 71.0 Å². The third-order valence-corrected chi connectivity index (χ3v) is 7.74. The lowest BCUT2D eigenvalue weighted by Gasteiger charge is -2.52. The Labute approximate surface area is 186 Å². The molecule has 0 spiro atoms. The van der Waals surface area contributed by atoms with E-state index < -0.39 is 5.60 Å². The van der Waals surface area contributed by atoms with Gasteiger partial charge in [-0.05, 0) is 49.8 Å². The normalized spacial score (nSPS) is 29.8. The van der Waals surface area contributed by atoms with Crippen molar-refractivity contribution in [2.45, 2.75) is 81.9 Å². The van der Waals surface area contributed by atoms with Crippen molar-refractivity contribution < 1.29 is 19.4 Å². The van der Waals surface area contributed by atoms with E-state index >= 15 is 0 Å². The van der Waals surface area contributed by atoms with Crippen LogP contribution in [0.4, 0.5) is 0 Å². The smallest absolute Gasteiger partial charge is 0.234 e. The van der Waals surface area contributed by atoms with Crippen LogP contribution in [0.25, 0.3) is 0 Å². The summed E-state index contributed by atoms with van der Waals surface area (Å²) in [5.41, 5.74) is 0.444. The fourth-order valence-corrected chi connectivity index (χ4v) is 6.10. The Morgan fingerprint density at radius 1 is 1.06 bits per heavy atom. The van der Waals surface area contributed by atoms with Crippen molar-refractivity contribution in [2.75, 3.05) is 27.3 Å². The van der Waals surface area contributed by atoms with E-state index in [0.29, 0.717) is 24.1 Å². The van der Waals surface area contributed by atoms with Crippen LogP contribution in [0.5, 0.6) is 11.5 Å². The number of ether oxygens (including phenoxy) is 2. The molecule has 0 unspecified atom stereocenters. The third-order valence-electron chi connectivity index (χ3n) is 7.74. The lowest BCUT2D eigenvalue weighted by atomic mass is 9.66. The molecule has 2 aliphatic carbocycles. The molecule has 2 saturated carbocycles. The van der Waals surface area contributed by atoms with Gasteiger partial charge < -0.3 is 19.9 Å². The maximum absolute atomic E-state index is 13.0. The van der Waals surface area contributed by atoms with Crippen LogP contribution < -0.4 is 14.8 Å². The van der Waals surface area contributed by atoms with E-state index in [-0.39, 0.29) is 17.9 Å². The number of piperidine rings is 1. The minimum atomic E-state index is -0.646. The van der Waals surface area contributed by atoms with Gasteiger partial charge in [0.1, 0.15) is 0 Å². The molecule has 1 aliphatic heterocycles. The fraction of sp³-hybridized carbons (Fsp3) is 0.720. The quantitative estimate of drug-likeness (QED) is 0.718. The molecule has 172 valence electrons. The van der Waals surface area contributed by atoms with Crippen molar-refractivity contribution in [2.24, 2.45) is 5.92 Å². The van der Waals surface area contributed by atoms with Gasteiger partial charge in [-0.15, -0.1) is 0 Å². The summed E-state index contributed by atoms with van der Waals surface area (Å²) in [7, 11) is 3.29. The molecule has 6 nitrogen and oxygen atoms in total. The number of likely N-dealkylation sites (tertiary alicyclic amines) is 1. The van der Waals surface area contributed by atoms with E-state index in [1.165, 1.54) is 19.3 Å². The van der Waals surface area contributed by atoms with Crippen molar-refractivity contribution in [1.82, 2.24) is 10.2 Å². The van der Waals surface area contributed by atoms with Crippen molar-refractivity contribution in [1.29, 1.82) is 0 Å². The van der Waals surface area contributed by atoms with Gasteiger partial charge in [-0.25, -0.2) is 0 Å². The Bertz CT molecular complexity index is 764. The first-order valence-corrected chi connectivity index (χ1v) is 12.0. The fourth-order valence-electron chi connectivity index (χ4n) is 6.10. The van der Waals surface area contributed by atoms with Crippen LogP contribution in [-0.2, 0) is 4.79 Å². The zero-order chi connectivity index (χ0) is 21.8. The molecule has 3 atom stereocenters. The number of aliphatic hydroxyl groups is 1. The maximum Gasteiger partial charge on any atom is 0.234 e. The number of nitrogens with one attached hydrogen (secondary N) is 1. The number of methoxy groups -OCH3 is 2. The molecule has 0 radical (unpaired) electrons. The summed E-state index contributed by atoms with van der Waals surface area (Å²) < 4.78 is 11.0. The summed E-state index contributed by atoms with van der Waals surface area (Å²) in [4.78, 5) is 15.2. The van der Waals surface area contributed by atoms with Gasteiger partial charge in [0.15, 0.2) is 11.5 Å². The number of rotatable bonds is 6. The molecular formula is C25H38N2O4. The summed E-state index contributed by atoms with van der Waals surface area (Å²) in [5, 5.41) is 14.8. The van der Waals surface area contributed by atoms with Crippen LogP contribution in [-0.4, -0.2) is 54.9 Å². The predicted molar refractivity (Wildman–Crippen MR) is 120 cm³/mol. The van der Waals surface area contributed by atoms with E-state index in [9.17, 15) is 9.90 Å². The number of fused-ring (bicyclic) bond motifs is 1. The van der Waals surface area contributed by atoms with Crippen LogP contribution >= 0.6 is 0 Å². The number of carbonyl (C=O) groups excluding carboxylic acids is 1. The second-order valence-corrected chi connectivity index (χ2v) is 9.64. The lowest BCUT2D eigenvalue weighted by molar-refractivity contribution is -0.138. The average molecular weight is 431 g/mol. The van der Waals surface area contributed by atoms with Gasteiger partial charge in [0.05, 0.1) is 26.4 Å². The molecule has 1 aromatic carbocycles. The van der Waals surface area contributed by atoms with Crippen LogP contribution in [0.2, 0.25) is 0 Å². The first kappa shape index (κ1) is 22.4. The van der Waals surface area contributed by atoms with Crippen LogP contribution in [0.3, 0.4) is 0 Å². The van der Waals surface area contributed by atoms with Crippen molar-refractivity contribution in [3.63, 3.8) is 0 Å². The van der Waals surface area contributed by atoms with Gasteiger partial charge in [0.25, 0.3) is 0 Å². The third kappa shape index (κ3) is 4.85. The molecule has 31 heavy (non-hydrogen) atoms. The van der Waals surface area contributed by atoms with E-state index in [2.05, 4.69) is 16.3 Å². The van der Waals surface area contributed by atoms with E-state index in [4.69, 9.17) is 9.47 Å². The van der Waals surface area contributed by atoms with Crippen molar-refractivity contribution in [3.8, 4) is 11.5 Å². The number of nitrogens with zero attached hydrogens (tertiary/aromatic N) is 1. The van der Waals surface area contributed by atoms with E-state index in [0.717, 1.165) is 57.1 Å². The van der Waals surface area contributed by atoms with Crippen LogP contribution in [0, 0.1) is 5.92 Å². The maximum atomic E-state index is 13.0. The second kappa shape index (κ2) is 9.78. The SMILES string of the molecule is COc1ccc([C@@H]2[C@@H]3CCCC[C@@]3(O)CCN2CC(=O)NC2CCCCC2)cc1OC. The summed E-state index contributed by atoms with van der Waals surface area (Å²) in [5.74, 6) is 1.62. The first-order valence-electron chi connectivity index (χ1n) is 12.0. The Kier molecular flexibility index (Phi) is 7.07. The molecule has 0 bridgehead atoms. The Balaban J connectivity index is 1.58. The number of hydrogen-bond acceptors (Lipinski definition) is 5. The minimum Gasteiger partial charge on any atom is -0.493 e. The minimum absolute atomic E-state index is 0.00374. The molecule has 1 heterocycles. The molecule has 1 aromatic rings. The van der Waals surface area contributed by atoms with Gasteiger partial charge in [0.2, 0.25) is 5.91 Å². The number of hydrogen-bond donors (Lipinski definition) is 2. The highest BCUT2D eigenvalue weighted by atomic mass is 16.5. The molecule has 0 aromatic heterocycles. The summed E-state index contributed by atoms with van der Waals surface area (Å²) >= 11 is 0. The average Bonchev–Trinajstić information content (AvgIpc) is 2.79. The highest BCUT2D eigenvalue weighted by Crippen LogP contribution is 2.50. The number of carbonyl (C=O) groups is 1. The monoisotopic (exact) mass is 430 g/mol. The molecule has 1 amide bonds. The van der Waals surface area contributed by atoms with Crippen LogP contribution in [0.15, 0.2) is 18.2 Å². The number of benzene rings is 1. The van der Waals surface area contributed by atoms with E-state index in [1.807, 2.05) is 12.1 Å². The number of amides is 1. The van der Waals surface area contributed by atoms with Gasteiger partial charge in [-0.1, -0.05) is 38.2 Å². The van der Waals surface area contributed by atoms with Crippen molar-refractivity contribution in [3.05, 3.63) is 23.8 Å².